The van der Waals surface area contributed by atoms with Gasteiger partial charge in [0.2, 0.25) is 0 Å². The van der Waals surface area contributed by atoms with Crippen molar-refractivity contribution in [3.63, 3.8) is 0 Å². The summed E-state index contributed by atoms with van der Waals surface area (Å²) in [5, 5.41) is 5.73. The van der Waals surface area contributed by atoms with Crippen LogP contribution in [0.5, 0.6) is 5.75 Å². The molecule has 100 valence electrons. The lowest BCUT2D eigenvalue weighted by Gasteiger charge is -2.18. The molecule has 4 nitrogen and oxygen atoms in total. The fourth-order valence-electron chi connectivity index (χ4n) is 1.45. The van der Waals surface area contributed by atoms with Gasteiger partial charge in [-0.1, -0.05) is 32.0 Å². The second kappa shape index (κ2) is 6.89. The molecule has 0 aliphatic heterocycles. The molecule has 1 atom stereocenters. The second-order valence-corrected chi connectivity index (χ2v) is 4.67. The van der Waals surface area contributed by atoms with E-state index in [1.165, 1.54) is 0 Å². The van der Waals surface area contributed by atoms with Crippen LogP contribution < -0.4 is 15.4 Å². The Kier molecular flexibility index (Phi) is 5.49. The molecular weight excluding hydrogens is 228 g/mol. The highest BCUT2D eigenvalue weighted by atomic mass is 16.5. The standard InChI is InChI=1S/C14H22N2O2/c1-10(2)11(3)16-14(17)15-9-12-7-5-6-8-13(12)18-4/h5-8,10-11H,9H2,1-4H3,(H2,15,16,17). The molecule has 0 radical (unpaired) electrons. The zero-order valence-corrected chi connectivity index (χ0v) is 11.5. The van der Waals surface area contributed by atoms with Crippen molar-refractivity contribution in [3.8, 4) is 5.75 Å². The molecule has 18 heavy (non-hydrogen) atoms. The van der Waals surface area contributed by atoms with E-state index in [-0.39, 0.29) is 12.1 Å². The highest BCUT2D eigenvalue weighted by Gasteiger charge is 2.10. The van der Waals surface area contributed by atoms with Gasteiger partial charge in [0.05, 0.1) is 7.11 Å². The maximum atomic E-state index is 11.7. The number of carbonyl (C=O) groups is 1. The topological polar surface area (TPSA) is 50.4 Å². The van der Waals surface area contributed by atoms with E-state index in [1.807, 2.05) is 31.2 Å². The Balaban J connectivity index is 2.47. The Morgan fingerprint density at radius 1 is 1.28 bits per heavy atom. The quantitative estimate of drug-likeness (QED) is 0.843. The molecule has 2 N–H and O–H groups in total. The van der Waals surface area contributed by atoms with Crippen molar-refractivity contribution in [3.05, 3.63) is 29.8 Å². The van der Waals surface area contributed by atoms with E-state index in [2.05, 4.69) is 24.5 Å². The van der Waals surface area contributed by atoms with Gasteiger partial charge in [-0.3, -0.25) is 0 Å². The summed E-state index contributed by atoms with van der Waals surface area (Å²) in [7, 11) is 1.62. The number of hydrogen-bond acceptors (Lipinski definition) is 2. The number of methoxy groups -OCH3 is 1. The van der Waals surface area contributed by atoms with Gasteiger partial charge in [-0.2, -0.15) is 0 Å². The van der Waals surface area contributed by atoms with Crippen molar-refractivity contribution < 1.29 is 9.53 Å². The maximum Gasteiger partial charge on any atom is 0.315 e. The Morgan fingerprint density at radius 2 is 1.94 bits per heavy atom. The number of nitrogens with one attached hydrogen (secondary N) is 2. The zero-order chi connectivity index (χ0) is 13.5. The van der Waals surface area contributed by atoms with Gasteiger partial charge in [-0.05, 0) is 18.9 Å². The van der Waals surface area contributed by atoms with Crippen molar-refractivity contribution in [2.45, 2.75) is 33.4 Å². The molecule has 0 aliphatic carbocycles. The predicted molar refractivity (Wildman–Crippen MR) is 72.7 cm³/mol. The molecule has 1 aromatic carbocycles. The third-order valence-electron chi connectivity index (χ3n) is 2.99. The lowest BCUT2D eigenvalue weighted by molar-refractivity contribution is 0.234. The Labute approximate surface area is 109 Å². The van der Waals surface area contributed by atoms with Crippen molar-refractivity contribution >= 4 is 6.03 Å². The molecule has 4 heteroatoms. The smallest absolute Gasteiger partial charge is 0.315 e. The molecule has 1 aromatic rings. The van der Waals surface area contributed by atoms with Crippen LogP contribution >= 0.6 is 0 Å². The molecule has 2 amide bonds. The van der Waals surface area contributed by atoms with E-state index in [0.29, 0.717) is 12.5 Å². The molecule has 1 rings (SSSR count). The summed E-state index contributed by atoms with van der Waals surface area (Å²) in [6.45, 7) is 6.60. The average molecular weight is 250 g/mol. The number of para-hydroxylation sites is 1. The van der Waals surface area contributed by atoms with Gasteiger partial charge in [0.25, 0.3) is 0 Å². The largest absolute Gasteiger partial charge is 0.496 e. The van der Waals surface area contributed by atoms with Gasteiger partial charge < -0.3 is 15.4 Å². The van der Waals surface area contributed by atoms with Crippen LogP contribution in [-0.2, 0) is 6.54 Å². The zero-order valence-electron chi connectivity index (χ0n) is 11.5. The fraction of sp³-hybridized carbons (Fsp3) is 0.500. The van der Waals surface area contributed by atoms with Crippen molar-refractivity contribution in [2.24, 2.45) is 5.92 Å². The van der Waals surface area contributed by atoms with E-state index in [0.717, 1.165) is 11.3 Å². The molecule has 0 aromatic heterocycles. The van der Waals surface area contributed by atoms with Crippen LogP contribution in [0.3, 0.4) is 0 Å². The van der Waals surface area contributed by atoms with Gasteiger partial charge in [0, 0.05) is 18.2 Å². The summed E-state index contributed by atoms with van der Waals surface area (Å²) < 4.78 is 5.23. The number of rotatable bonds is 5. The van der Waals surface area contributed by atoms with E-state index in [9.17, 15) is 4.79 Å². The van der Waals surface area contributed by atoms with Crippen LogP contribution in [-0.4, -0.2) is 19.2 Å². The minimum atomic E-state index is -0.151. The number of ether oxygens (including phenoxy) is 1. The summed E-state index contributed by atoms with van der Waals surface area (Å²) in [6, 6.07) is 7.65. The van der Waals surface area contributed by atoms with Gasteiger partial charge >= 0.3 is 6.03 Å². The Morgan fingerprint density at radius 3 is 2.56 bits per heavy atom. The van der Waals surface area contributed by atoms with Gasteiger partial charge in [0.1, 0.15) is 5.75 Å². The minimum Gasteiger partial charge on any atom is -0.496 e. The summed E-state index contributed by atoms with van der Waals surface area (Å²) in [5.41, 5.74) is 0.965. The number of benzene rings is 1. The van der Waals surface area contributed by atoms with Gasteiger partial charge in [0.15, 0.2) is 0 Å². The van der Waals surface area contributed by atoms with Crippen molar-refractivity contribution in [2.75, 3.05) is 7.11 Å². The van der Waals surface area contributed by atoms with Crippen LogP contribution in [0.4, 0.5) is 4.79 Å². The summed E-state index contributed by atoms with van der Waals surface area (Å²) in [5.74, 6) is 1.21. The van der Waals surface area contributed by atoms with E-state index in [4.69, 9.17) is 4.74 Å². The van der Waals surface area contributed by atoms with E-state index < -0.39 is 0 Å². The molecule has 0 heterocycles. The first kappa shape index (κ1) is 14.4. The monoisotopic (exact) mass is 250 g/mol. The summed E-state index contributed by atoms with van der Waals surface area (Å²) in [4.78, 5) is 11.7. The molecule has 0 saturated carbocycles. The molecule has 0 fully saturated rings. The predicted octanol–water partition coefficient (Wildman–Crippen LogP) is 2.54. The highest BCUT2D eigenvalue weighted by Crippen LogP contribution is 2.16. The SMILES string of the molecule is COc1ccccc1CNC(=O)NC(C)C(C)C. The maximum absolute atomic E-state index is 11.7. The second-order valence-electron chi connectivity index (χ2n) is 4.67. The number of carbonyl (C=O) groups excluding carboxylic acids is 1. The number of amides is 2. The van der Waals surface area contributed by atoms with Crippen LogP contribution in [0.25, 0.3) is 0 Å². The molecule has 0 bridgehead atoms. The van der Waals surface area contributed by atoms with Gasteiger partial charge in [-0.25, -0.2) is 4.79 Å². The third kappa shape index (κ3) is 4.28. The Bertz CT molecular complexity index is 391. The van der Waals surface area contributed by atoms with Crippen LogP contribution in [0, 0.1) is 5.92 Å². The van der Waals surface area contributed by atoms with E-state index in [1.54, 1.807) is 7.11 Å². The lowest BCUT2D eigenvalue weighted by Crippen LogP contribution is -2.42. The average Bonchev–Trinajstić information content (AvgIpc) is 2.36. The summed E-state index contributed by atoms with van der Waals surface area (Å²) in [6.07, 6.45) is 0. The normalized spacial score (nSPS) is 12.1. The third-order valence-corrected chi connectivity index (χ3v) is 2.99. The minimum absolute atomic E-state index is 0.151. The fourth-order valence-corrected chi connectivity index (χ4v) is 1.45. The molecule has 0 aliphatic rings. The lowest BCUT2D eigenvalue weighted by atomic mass is 10.1. The Hall–Kier alpha value is -1.71. The van der Waals surface area contributed by atoms with Crippen LogP contribution in [0.2, 0.25) is 0 Å². The van der Waals surface area contributed by atoms with Crippen molar-refractivity contribution in [1.29, 1.82) is 0 Å². The number of hydrogen-bond donors (Lipinski definition) is 2. The first-order valence-electron chi connectivity index (χ1n) is 6.21. The first-order chi connectivity index (χ1) is 8.54. The van der Waals surface area contributed by atoms with E-state index >= 15 is 0 Å². The van der Waals surface area contributed by atoms with Crippen LogP contribution in [0.1, 0.15) is 26.3 Å². The number of urea groups is 1. The van der Waals surface area contributed by atoms with Gasteiger partial charge in [-0.15, -0.1) is 0 Å². The molecular formula is C14H22N2O2. The summed E-state index contributed by atoms with van der Waals surface area (Å²) >= 11 is 0. The van der Waals surface area contributed by atoms with Crippen LogP contribution in [0.15, 0.2) is 24.3 Å². The highest BCUT2D eigenvalue weighted by molar-refractivity contribution is 5.74. The molecule has 0 spiro atoms. The molecule has 0 saturated heterocycles. The molecule has 1 unspecified atom stereocenters. The van der Waals surface area contributed by atoms with Crippen molar-refractivity contribution in [1.82, 2.24) is 10.6 Å². The first-order valence-corrected chi connectivity index (χ1v) is 6.21.